The van der Waals surface area contributed by atoms with Crippen LogP contribution in [-0.2, 0) is 4.57 Å². The topological polar surface area (TPSA) is 26.3 Å². The van der Waals surface area contributed by atoms with E-state index in [4.69, 9.17) is 10.9 Å². The Hall–Kier alpha value is -2.20. The number of terminal acetylenes is 1. The number of rotatable bonds is 2. The van der Waals surface area contributed by atoms with Crippen molar-refractivity contribution in [2.24, 2.45) is 0 Å². The second-order valence-corrected chi connectivity index (χ2v) is 3.21. The Labute approximate surface area is 89.5 Å². The second-order valence-electron chi connectivity index (χ2n) is 2.29. The van der Waals surface area contributed by atoms with Crippen molar-refractivity contribution in [1.82, 2.24) is 0 Å². The molecule has 0 heterocycles. The molecule has 1 atom stereocenters. The van der Waals surface area contributed by atoms with E-state index in [0.717, 1.165) is 0 Å². The second kappa shape index (κ2) is 6.28. The van der Waals surface area contributed by atoms with Crippen molar-refractivity contribution in [2.75, 3.05) is 0 Å². The lowest BCUT2D eigenvalue weighted by Gasteiger charge is -1.86. The summed E-state index contributed by atoms with van der Waals surface area (Å²) in [5, 5.41) is 0. The highest BCUT2D eigenvalue weighted by Crippen LogP contribution is 2.24. The molecule has 1 aromatic rings. The molecular formula is C12H6O2P+. The third-order valence-corrected chi connectivity index (χ3v) is 1.95. The van der Waals surface area contributed by atoms with Gasteiger partial charge in [-0.25, -0.2) is 4.52 Å². The molecule has 70 valence electrons. The predicted octanol–water partition coefficient (Wildman–Crippen LogP) is 2.41. The van der Waals surface area contributed by atoms with Crippen LogP contribution in [0, 0.1) is 35.8 Å². The summed E-state index contributed by atoms with van der Waals surface area (Å²) >= 11 is 0. The molecule has 0 saturated carbocycles. The van der Waals surface area contributed by atoms with Crippen molar-refractivity contribution in [2.45, 2.75) is 0 Å². The molecule has 0 radical (unpaired) electrons. The van der Waals surface area contributed by atoms with E-state index in [1.165, 1.54) is 0 Å². The lowest BCUT2D eigenvalue weighted by atomic mass is 10.3. The highest BCUT2D eigenvalue weighted by molar-refractivity contribution is 7.45. The Bertz CT molecular complexity index is 504. The summed E-state index contributed by atoms with van der Waals surface area (Å²) in [6.07, 6.45) is 4.87. The van der Waals surface area contributed by atoms with Gasteiger partial charge in [0.1, 0.15) is 0 Å². The Kier molecular flexibility index (Phi) is 4.56. The van der Waals surface area contributed by atoms with Crippen LogP contribution in [-0.4, -0.2) is 0 Å². The summed E-state index contributed by atoms with van der Waals surface area (Å²) in [6.45, 7) is 0. The SMILES string of the molecule is C#CC#CC#C[P+](=O)Oc1ccccc1. The first-order valence-electron chi connectivity index (χ1n) is 3.99. The first kappa shape index (κ1) is 10.9. The fourth-order valence-electron chi connectivity index (χ4n) is 0.741. The van der Waals surface area contributed by atoms with E-state index in [-0.39, 0.29) is 0 Å². The summed E-state index contributed by atoms with van der Waals surface area (Å²) < 4.78 is 16.2. The van der Waals surface area contributed by atoms with E-state index >= 15 is 0 Å². The van der Waals surface area contributed by atoms with Crippen molar-refractivity contribution >= 4 is 8.03 Å². The molecule has 0 aliphatic carbocycles. The quantitative estimate of drug-likeness (QED) is 0.557. The van der Waals surface area contributed by atoms with Gasteiger partial charge in [-0.3, -0.25) is 0 Å². The van der Waals surface area contributed by atoms with E-state index in [2.05, 4.69) is 29.3 Å². The normalized spacial score (nSPS) is 8.33. The third-order valence-electron chi connectivity index (χ3n) is 1.28. The van der Waals surface area contributed by atoms with Gasteiger partial charge in [0.2, 0.25) is 5.66 Å². The van der Waals surface area contributed by atoms with E-state index in [1.54, 1.807) is 24.3 Å². The maximum atomic E-state index is 11.2. The highest BCUT2D eigenvalue weighted by atomic mass is 31.1. The third kappa shape index (κ3) is 4.54. The standard InChI is InChI=1S/C12H6O2P/c1-2-3-4-8-11-15(13)14-12-9-6-5-7-10-12/h1,5-7,9-10H/q+1. The molecule has 2 nitrogen and oxygen atoms in total. The van der Waals surface area contributed by atoms with Crippen LogP contribution >= 0.6 is 8.03 Å². The molecule has 0 saturated heterocycles. The van der Waals surface area contributed by atoms with Crippen LogP contribution in [0.3, 0.4) is 0 Å². The minimum absolute atomic E-state index is 0.512. The minimum Gasteiger partial charge on any atom is -0.244 e. The molecule has 0 fully saturated rings. The van der Waals surface area contributed by atoms with Crippen LogP contribution in [0.25, 0.3) is 0 Å². The summed E-state index contributed by atoms with van der Waals surface area (Å²) in [6, 6.07) is 8.79. The van der Waals surface area contributed by atoms with Crippen LogP contribution in [0.15, 0.2) is 30.3 Å². The van der Waals surface area contributed by atoms with Gasteiger partial charge in [0, 0.05) is 11.8 Å². The van der Waals surface area contributed by atoms with Gasteiger partial charge in [0.25, 0.3) is 0 Å². The summed E-state index contributed by atoms with van der Waals surface area (Å²) in [7, 11) is -2.06. The smallest absolute Gasteiger partial charge is 0.244 e. The van der Waals surface area contributed by atoms with Crippen molar-refractivity contribution in [3.05, 3.63) is 30.3 Å². The molecular weight excluding hydrogens is 207 g/mol. The maximum absolute atomic E-state index is 11.2. The van der Waals surface area contributed by atoms with Crippen molar-refractivity contribution in [3.63, 3.8) is 0 Å². The minimum atomic E-state index is -2.06. The molecule has 0 amide bonds. The van der Waals surface area contributed by atoms with E-state index < -0.39 is 8.03 Å². The molecule has 0 aromatic heterocycles. The largest absolute Gasteiger partial charge is 0.654 e. The predicted molar refractivity (Wildman–Crippen MR) is 59.1 cm³/mol. The molecule has 0 N–H and O–H groups in total. The zero-order valence-electron chi connectivity index (χ0n) is 7.73. The Balaban J connectivity index is 2.57. The lowest BCUT2D eigenvalue weighted by Crippen LogP contribution is -1.77. The van der Waals surface area contributed by atoms with E-state index in [1.807, 2.05) is 6.07 Å². The van der Waals surface area contributed by atoms with Gasteiger partial charge < -0.3 is 0 Å². The van der Waals surface area contributed by atoms with Crippen LogP contribution in [0.2, 0.25) is 0 Å². The zero-order valence-corrected chi connectivity index (χ0v) is 8.62. The molecule has 0 spiro atoms. The first-order chi connectivity index (χ1) is 7.33. The summed E-state index contributed by atoms with van der Waals surface area (Å²) in [5.41, 5.74) is 2.33. The van der Waals surface area contributed by atoms with Gasteiger partial charge in [-0.1, -0.05) is 18.2 Å². The lowest BCUT2D eigenvalue weighted by molar-refractivity contribution is 0.515. The number of para-hydroxylation sites is 1. The number of benzene rings is 1. The molecule has 1 unspecified atom stereocenters. The molecule has 3 heteroatoms. The zero-order chi connectivity index (χ0) is 10.9. The van der Waals surface area contributed by atoms with Crippen LogP contribution in [0.5, 0.6) is 5.75 Å². The van der Waals surface area contributed by atoms with Gasteiger partial charge in [-0.2, -0.15) is 0 Å². The molecule has 1 rings (SSSR count). The van der Waals surface area contributed by atoms with Crippen LogP contribution < -0.4 is 4.52 Å². The van der Waals surface area contributed by atoms with Crippen molar-refractivity contribution < 1.29 is 9.09 Å². The Morgan fingerprint density at radius 3 is 2.53 bits per heavy atom. The van der Waals surface area contributed by atoms with Gasteiger partial charge in [-0.05, 0) is 28.5 Å². The summed E-state index contributed by atoms with van der Waals surface area (Å²) in [5.74, 6) is 9.58. The van der Waals surface area contributed by atoms with Crippen LogP contribution in [0.4, 0.5) is 0 Å². The molecule has 15 heavy (non-hydrogen) atoms. The first-order valence-corrected chi connectivity index (χ1v) is 5.17. The van der Waals surface area contributed by atoms with E-state index in [9.17, 15) is 4.57 Å². The van der Waals surface area contributed by atoms with E-state index in [0.29, 0.717) is 5.75 Å². The summed E-state index contributed by atoms with van der Waals surface area (Å²) in [4.78, 5) is 0. The van der Waals surface area contributed by atoms with Gasteiger partial charge in [-0.15, -0.1) is 6.42 Å². The van der Waals surface area contributed by atoms with Crippen molar-refractivity contribution in [1.29, 1.82) is 0 Å². The maximum Gasteiger partial charge on any atom is 0.654 e. The fourth-order valence-corrected chi connectivity index (χ4v) is 1.25. The van der Waals surface area contributed by atoms with Crippen LogP contribution in [0.1, 0.15) is 0 Å². The highest BCUT2D eigenvalue weighted by Gasteiger charge is 2.14. The average molecular weight is 213 g/mol. The fraction of sp³-hybridized carbons (Fsp3) is 0. The van der Waals surface area contributed by atoms with Gasteiger partial charge in [0.15, 0.2) is 5.75 Å². The monoisotopic (exact) mass is 213 g/mol. The van der Waals surface area contributed by atoms with Gasteiger partial charge >= 0.3 is 8.03 Å². The number of hydrogen-bond acceptors (Lipinski definition) is 2. The molecule has 1 aromatic carbocycles. The Morgan fingerprint density at radius 2 is 1.87 bits per heavy atom. The van der Waals surface area contributed by atoms with Crippen molar-refractivity contribution in [3.8, 4) is 41.5 Å². The number of hydrogen-bond donors (Lipinski definition) is 0. The molecule has 0 aliphatic heterocycles. The van der Waals surface area contributed by atoms with Gasteiger partial charge in [0.05, 0.1) is 0 Å². The molecule has 0 aliphatic rings. The molecule has 0 bridgehead atoms. The Morgan fingerprint density at radius 1 is 1.13 bits per heavy atom. The average Bonchev–Trinajstić information content (AvgIpc) is 2.26.